The number of alkyl halides is 1. The highest BCUT2D eigenvalue weighted by molar-refractivity contribution is 9.10. The van der Waals surface area contributed by atoms with E-state index < -0.39 is 0 Å². The first-order valence-electron chi connectivity index (χ1n) is 5.12. The number of rotatable bonds is 3. The smallest absolute Gasteiger partial charge is 0.0294 e. The predicted octanol–water partition coefficient (Wildman–Crippen LogP) is 4.57. The molecule has 1 saturated carbocycles. The molecule has 0 radical (unpaired) electrons. The Bertz CT molecular complexity index is 290. The van der Waals surface area contributed by atoms with Gasteiger partial charge < -0.3 is 0 Å². The van der Waals surface area contributed by atoms with E-state index in [0.29, 0.717) is 5.92 Å². The predicted molar refractivity (Wildman–Crippen MR) is 64.9 cm³/mol. The van der Waals surface area contributed by atoms with E-state index in [1.54, 1.807) is 0 Å². The molecule has 14 heavy (non-hydrogen) atoms. The zero-order chi connectivity index (χ0) is 9.97. The molecule has 0 amide bonds. The summed E-state index contributed by atoms with van der Waals surface area (Å²) < 4.78 is 1.14. The number of hydrogen-bond donors (Lipinski definition) is 0. The van der Waals surface area contributed by atoms with Gasteiger partial charge in [-0.05, 0) is 36.5 Å². The molecule has 2 heteroatoms. The Morgan fingerprint density at radius 3 is 2.36 bits per heavy atom. The highest BCUT2D eigenvalue weighted by Crippen LogP contribution is 2.40. The molecule has 0 spiro atoms. The number of hydrogen-bond acceptors (Lipinski definition) is 0. The fraction of sp³-hybridized carbons (Fsp3) is 0.500. The van der Waals surface area contributed by atoms with E-state index in [-0.39, 0.29) is 0 Å². The molecule has 1 aromatic rings. The zero-order valence-corrected chi connectivity index (χ0v) is 10.4. The van der Waals surface area contributed by atoms with Gasteiger partial charge in [-0.15, -0.1) is 11.6 Å². The monoisotopic (exact) mass is 272 g/mol. The second-order valence-corrected chi connectivity index (χ2v) is 5.23. The Hall–Kier alpha value is -0.0100. The van der Waals surface area contributed by atoms with Crippen LogP contribution in [0.2, 0.25) is 0 Å². The maximum Gasteiger partial charge on any atom is 0.0294 e. The van der Waals surface area contributed by atoms with Gasteiger partial charge in [0.25, 0.3) is 0 Å². The molecule has 0 aromatic heterocycles. The van der Waals surface area contributed by atoms with Crippen LogP contribution in [-0.2, 0) is 0 Å². The van der Waals surface area contributed by atoms with Crippen molar-refractivity contribution in [2.24, 2.45) is 5.92 Å². The third kappa shape index (κ3) is 2.14. The van der Waals surface area contributed by atoms with Crippen LogP contribution in [0.4, 0.5) is 0 Å². The molecule has 0 nitrogen and oxygen atoms in total. The van der Waals surface area contributed by atoms with Crippen molar-refractivity contribution >= 4 is 27.5 Å². The highest BCUT2D eigenvalue weighted by Gasteiger charge is 2.27. The van der Waals surface area contributed by atoms with Gasteiger partial charge in [0.15, 0.2) is 0 Å². The van der Waals surface area contributed by atoms with Crippen molar-refractivity contribution in [3.8, 4) is 0 Å². The lowest BCUT2D eigenvalue weighted by Crippen LogP contribution is -2.21. The van der Waals surface area contributed by atoms with Crippen molar-refractivity contribution in [2.75, 3.05) is 5.88 Å². The molecule has 1 aliphatic rings. The van der Waals surface area contributed by atoms with Crippen LogP contribution in [0.15, 0.2) is 28.7 Å². The first-order valence-corrected chi connectivity index (χ1v) is 6.45. The van der Waals surface area contributed by atoms with Crippen LogP contribution in [0.5, 0.6) is 0 Å². The molecule has 0 aliphatic heterocycles. The molecule has 1 atom stereocenters. The summed E-state index contributed by atoms with van der Waals surface area (Å²) in [5, 5.41) is 0. The first kappa shape index (κ1) is 10.5. The van der Waals surface area contributed by atoms with Crippen molar-refractivity contribution in [2.45, 2.75) is 25.2 Å². The van der Waals surface area contributed by atoms with Gasteiger partial charge in [0, 0.05) is 16.3 Å². The summed E-state index contributed by atoms with van der Waals surface area (Å²) in [5.74, 6) is 2.15. The van der Waals surface area contributed by atoms with Crippen LogP contribution in [0.25, 0.3) is 0 Å². The molecule has 1 aliphatic carbocycles. The lowest BCUT2D eigenvalue weighted by molar-refractivity contribution is 0.274. The maximum atomic E-state index is 6.04. The lowest BCUT2D eigenvalue weighted by Gasteiger charge is -2.33. The zero-order valence-electron chi connectivity index (χ0n) is 8.05. The van der Waals surface area contributed by atoms with E-state index in [0.717, 1.165) is 16.3 Å². The van der Waals surface area contributed by atoms with Crippen molar-refractivity contribution in [3.05, 3.63) is 34.3 Å². The lowest BCUT2D eigenvalue weighted by atomic mass is 9.74. The van der Waals surface area contributed by atoms with Crippen LogP contribution in [0, 0.1) is 5.92 Å². The average Bonchev–Trinajstić information content (AvgIpc) is 2.13. The SMILES string of the molecule is ClCC(c1ccc(Br)cc1)C1CCC1. The van der Waals surface area contributed by atoms with Gasteiger partial charge in [-0.3, -0.25) is 0 Å². The second-order valence-electron chi connectivity index (χ2n) is 4.00. The minimum atomic E-state index is 0.568. The molecule has 0 heterocycles. The Kier molecular flexibility index (Phi) is 3.51. The third-order valence-electron chi connectivity index (χ3n) is 3.18. The molecule has 1 fully saturated rings. The quantitative estimate of drug-likeness (QED) is 0.708. The van der Waals surface area contributed by atoms with Crippen LogP contribution in [-0.4, -0.2) is 5.88 Å². The standard InChI is InChI=1S/C12H14BrCl/c13-11-6-4-10(5-7-11)12(8-14)9-2-1-3-9/h4-7,9,12H,1-3,8H2. The molecular formula is C12H14BrCl. The van der Waals surface area contributed by atoms with Crippen molar-refractivity contribution in [3.63, 3.8) is 0 Å². The summed E-state index contributed by atoms with van der Waals surface area (Å²) in [4.78, 5) is 0. The van der Waals surface area contributed by atoms with Gasteiger partial charge in [0.2, 0.25) is 0 Å². The van der Waals surface area contributed by atoms with Crippen LogP contribution in [0.3, 0.4) is 0 Å². The topological polar surface area (TPSA) is 0 Å². The average molecular weight is 274 g/mol. The van der Waals surface area contributed by atoms with E-state index >= 15 is 0 Å². The van der Waals surface area contributed by atoms with Crippen molar-refractivity contribution in [1.82, 2.24) is 0 Å². The maximum absolute atomic E-state index is 6.04. The van der Waals surface area contributed by atoms with E-state index in [4.69, 9.17) is 11.6 Å². The van der Waals surface area contributed by atoms with Crippen LogP contribution in [0.1, 0.15) is 30.7 Å². The Morgan fingerprint density at radius 2 is 1.93 bits per heavy atom. The van der Waals surface area contributed by atoms with E-state index in [9.17, 15) is 0 Å². The fourth-order valence-electron chi connectivity index (χ4n) is 2.04. The number of halogens is 2. The Labute approximate surface area is 98.8 Å². The van der Waals surface area contributed by atoms with Gasteiger partial charge in [0.1, 0.15) is 0 Å². The van der Waals surface area contributed by atoms with Gasteiger partial charge in [-0.2, -0.15) is 0 Å². The molecule has 1 aromatic carbocycles. The van der Waals surface area contributed by atoms with E-state index in [1.165, 1.54) is 24.8 Å². The molecule has 76 valence electrons. The minimum absolute atomic E-state index is 0.568. The molecular weight excluding hydrogens is 259 g/mol. The normalized spacial score (nSPS) is 19.0. The van der Waals surface area contributed by atoms with Gasteiger partial charge in [-0.1, -0.05) is 34.5 Å². The van der Waals surface area contributed by atoms with E-state index in [1.807, 2.05) is 0 Å². The number of benzene rings is 1. The third-order valence-corrected chi connectivity index (χ3v) is 4.04. The first-order chi connectivity index (χ1) is 6.81. The fourth-order valence-corrected chi connectivity index (χ4v) is 2.73. The van der Waals surface area contributed by atoms with E-state index in [2.05, 4.69) is 40.2 Å². The molecule has 2 rings (SSSR count). The van der Waals surface area contributed by atoms with Gasteiger partial charge in [0.05, 0.1) is 0 Å². The van der Waals surface area contributed by atoms with Crippen LogP contribution < -0.4 is 0 Å². The minimum Gasteiger partial charge on any atom is -0.126 e. The highest BCUT2D eigenvalue weighted by atomic mass is 79.9. The summed E-state index contributed by atoms with van der Waals surface area (Å²) in [6.07, 6.45) is 4.09. The largest absolute Gasteiger partial charge is 0.126 e. The summed E-state index contributed by atoms with van der Waals surface area (Å²) in [6, 6.07) is 8.59. The summed E-state index contributed by atoms with van der Waals surface area (Å²) in [7, 11) is 0. The molecule has 1 unspecified atom stereocenters. The van der Waals surface area contributed by atoms with Gasteiger partial charge in [-0.25, -0.2) is 0 Å². The summed E-state index contributed by atoms with van der Waals surface area (Å²) in [6.45, 7) is 0. The van der Waals surface area contributed by atoms with Crippen molar-refractivity contribution < 1.29 is 0 Å². The molecule has 0 bridgehead atoms. The Morgan fingerprint density at radius 1 is 1.29 bits per heavy atom. The second kappa shape index (κ2) is 4.67. The van der Waals surface area contributed by atoms with Gasteiger partial charge >= 0.3 is 0 Å². The van der Waals surface area contributed by atoms with Crippen molar-refractivity contribution in [1.29, 1.82) is 0 Å². The summed E-state index contributed by atoms with van der Waals surface area (Å²) >= 11 is 9.49. The Balaban J connectivity index is 2.14. The molecule has 0 N–H and O–H groups in total. The molecule has 0 saturated heterocycles. The van der Waals surface area contributed by atoms with Crippen LogP contribution >= 0.6 is 27.5 Å². The summed E-state index contributed by atoms with van der Waals surface area (Å²) in [5.41, 5.74) is 1.40.